The zero-order chi connectivity index (χ0) is 20.8. The Morgan fingerprint density at radius 1 is 0.897 bits per heavy atom. The summed E-state index contributed by atoms with van der Waals surface area (Å²) in [6, 6.07) is 13.1. The van der Waals surface area contributed by atoms with E-state index in [1.165, 1.54) is 19.1 Å². The molecule has 1 fully saturated rings. The summed E-state index contributed by atoms with van der Waals surface area (Å²) in [5.74, 6) is -1.09. The van der Waals surface area contributed by atoms with Crippen LogP contribution in [0, 0.1) is 5.82 Å². The van der Waals surface area contributed by atoms with E-state index in [0.717, 1.165) is 5.56 Å². The molecule has 1 heterocycles. The first-order chi connectivity index (χ1) is 14.0. The zero-order valence-electron chi connectivity index (χ0n) is 16.4. The molecule has 0 aromatic heterocycles. The van der Waals surface area contributed by atoms with Gasteiger partial charge in [-0.05, 0) is 36.2 Å². The van der Waals surface area contributed by atoms with Crippen molar-refractivity contribution in [2.24, 2.45) is 0 Å². The Morgan fingerprint density at radius 2 is 1.52 bits per heavy atom. The number of nitrogens with zero attached hydrogens (tertiary/aromatic N) is 2. The highest BCUT2D eigenvalue weighted by Gasteiger charge is 2.24. The highest BCUT2D eigenvalue weighted by molar-refractivity contribution is 5.95. The standard InChI is InChI=1S/C22H24FN3O3/c1-16(27)24-15-17-7-9-18(10-8-17)21(28)25-11-4-12-26(14-13-25)22(29)19-5-2-3-6-20(19)23/h2-3,5-10H,4,11-15H2,1H3,(H,24,27). The van der Waals surface area contributed by atoms with Gasteiger partial charge in [0.05, 0.1) is 5.56 Å². The molecule has 2 aromatic carbocycles. The second kappa shape index (κ2) is 9.32. The smallest absolute Gasteiger partial charge is 0.256 e. The van der Waals surface area contributed by atoms with Gasteiger partial charge in [0, 0.05) is 45.2 Å². The molecular weight excluding hydrogens is 373 g/mol. The maximum absolute atomic E-state index is 13.9. The van der Waals surface area contributed by atoms with Crippen LogP contribution in [0.15, 0.2) is 48.5 Å². The van der Waals surface area contributed by atoms with E-state index in [1.807, 2.05) is 12.1 Å². The molecule has 0 aliphatic carbocycles. The van der Waals surface area contributed by atoms with Crippen LogP contribution in [0.25, 0.3) is 0 Å². The van der Waals surface area contributed by atoms with Gasteiger partial charge in [-0.15, -0.1) is 0 Å². The third-order valence-electron chi connectivity index (χ3n) is 4.92. The summed E-state index contributed by atoms with van der Waals surface area (Å²) in [6.07, 6.45) is 0.631. The fraction of sp³-hybridized carbons (Fsp3) is 0.318. The molecule has 3 amide bonds. The lowest BCUT2D eigenvalue weighted by Crippen LogP contribution is -2.37. The fourth-order valence-electron chi connectivity index (χ4n) is 3.30. The molecule has 1 aliphatic heterocycles. The first-order valence-electron chi connectivity index (χ1n) is 9.62. The van der Waals surface area contributed by atoms with Crippen LogP contribution >= 0.6 is 0 Å². The predicted molar refractivity (Wildman–Crippen MR) is 107 cm³/mol. The van der Waals surface area contributed by atoms with Crippen molar-refractivity contribution in [2.45, 2.75) is 19.9 Å². The molecule has 0 spiro atoms. The van der Waals surface area contributed by atoms with E-state index in [9.17, 15) is 18.8 Å². The monoisotopic (exact) mass is 397 g/mol. The number of carbonyl (C=O) groups excluding carboxylic acids is 3. The van der Waals surface area contributed by atoms with Gasteiger partial charge in [0.1, 0.15) is 5.82 Å². The number of rotatable bonds is 4. The van der Waals surface area contributed by atoms with Crippen molar-refractivity contribution in [3.05, 3.63) is 71.0 Å². The van der Waals surface area contributed by atoms with Crippen LogP contribution in [-0.4, -0.2) is 53.7 Å². The van der Waals surface area contributed by atoms with E-state index in [-0.39, 0.29) is 23.3 Å². The first-order valence-corrected chi connectivity index (χ1v) is 9.62. The molecule has 2 aromatic rings. The Morgan fingerprint density at radius 3 is 2.14 bits per heavy atom. The lowest BCUT2D eigenvalue weighted by molar-refractivity contribution is -0.119. The first kappa shape index (κ1) is 20.5. The quantitative estimate of drug-likeness (QED) is 0.862. The van der Waals surface area contributed by atoms with Crippen molar-refractivity contribution in [1.29, 1.82) is 0 Å². The van der Waals surface area contributed by atoms with Gasteiger partial charge in [-0.25, -0.2) is 4.39 Å². The van der Waals surface area contributed by atoms with E-state index >= 15 is 0 Å². The zero-order valence-corrected chi connectivity index (χ0v) is 16.4. The predicted octanol–water partition coefficient (Wildman–Crippen LogP) is 2.45. The van der Waals surface area contributed by atoms with Crippen molar-refractivity contribution >= 4 is 17.7 Å². The summed E-state index contributed by atoms with van der Waals surface area (Å²) in [5.41, 5.74) is 1.53. The third kappa shape index (κ3) is 5.19. The minimum atomic E-state index is -0.533. The topological polar surface area (TPSA) is 69.7 Å². The van der Waals surface area contributed by atoms with Gasteiger partial charge in [-0.3, -0.25) is 14.4 Å². The summed E-state index contributed by atoms with van der Waals surface area (Å²) in [6.45, 7) is 3.64. The van der Waals surface area contributed by atoms with Crippen molar-refractivity contribution in [2.75, 3.05) is 26.2 Å². The molecule has 0 radical (unpaired) electrons. The number of carbonyl (C=O) groups is 3. The molecule has 0 unspecified atom stereocenters. The van der Waals surface area contributed by atoms with Crippen LogP contribution in [0.1, 0.15) is 39.6 Å². The number of halogens is 1. The maximum atomic E-state index is 13.9. The molecule has 1 saturated heterocycles. The van der Waals surface area contributed by atoms with Crippen LogP contribution in [0.5, 0.6) is 0 Å². The molecule has 0 saturated carbocycles. The normalized spacial score (nSPS) is 14.3. The number of benzene rings is 2. The second-order valence-electron chi connectivity index (χ2n) is 7.02. The Kier molecular flexibility index (Phi) is 6.59. The van der Waals surface area contributed by atoms with Crippen LogP contribution in [0.2, 0.25) is 0 Å². The molecule has 29 heavy (non-hydrogen) atoms. The van der Waals surface area contributed by atoms with Gasteiger partial charge < -0.3 is 15.1 Å². The third-order valence-corrected chi connectivity index (χ3v) is 4.92. The van der Waals surface area contributed by atoms with Crippen LogP contribution in [0.3, 0.4) is 0 Å². The van der Waals surface area contributed by atoms with Gasteiger partial charge in [0.2, 0.25) is 5.91 Å². The van der Waals surface area contributed by atoms with E-state index in [2.05, 4.69) is 5.32 Å². The SMILES string of the molecule is CC(=O)NCc1ccc(C(=O)N2CCCN(C(=O)c3ccccc3F)CC2)cc1. The summed E-state index contributed by atoms with van der Waals surface area (Å²) in [7, 11) is 0. The molecular formula is C22H24FN3O3. The van der Waals surface area contributed by atoms with Gasteiger partial charge in [-0.1, -0.05) is 24.3 Å². The highest BCUT2D eigenvalue weighted by Crippen LogP contribution is 2.15. The molecule has 7 heteroatoms. The van der Waals surface area contributed by atoms with E-state index < -0.39 is 5.82 Å². The molecule has 1 aliphatic rings. The van der Waals surface area contributed by atoms with E-state index in [0.29, 0.717) is 44.7 Å². The van der Waals surface area contributed by atoms with Crippen molar-refractivity contribution < 1.29 is 18.8 Å². The van der Waals surface area contributed by atoms with Crippen LogP contribution in [-0.2, 0) is 11.3 Å². The number of hydrogen-bond donors (Lipinski definition) is 1. The fourth-order valence-corrected chi connectivity index (χ4v) is 3.30. The van der Waals surface area contributed by atoms with Crippen molar-refractivity contribution in [1.82, 2.24) is 15.1 Å². The van der Waals surface area contributed by atoms with Gasteiger partial charge >= 0.3 is 0 Å². The summed E-state index contributed by atoms with van der Waals surface area (Å²) >= 11 is 0. The van der Waals surface area contributed by atoms with Crippen LogP contribution < -0.4 is 5.32 Å². The van der Waals surface area contributed by atoms with Crippen LogP contribution in [0.4, 0.5) is 4.39 Å². The van der Waals surface area contributed by atoms with Gasteiger partial charge in [0.25, 0.3) is 11.8 Å². The second-order valence-corrected chi connectivity index (χ2v) is 7.02. The highest BCUT2D eigenvalue weighted by atomic mass is 19.1. The summed E-state index contributed by atoms with van der Waals surface area (Å²) in [4.78, 5) is 39.8. The minimum absolute atomic E-state index is 0.0574. The van der Waals surface area contributed by atoms with E-state index in [1.54, 1.807) is 34.1 Å². The average Bonchev–Trinajstić information content (AvgIpc) is 2.98. The maximum Gasteiger partial charge on any atom is 0.256 e. The van der Waals surface area contributed by atoms with E-state index in [4.69, 9.17) is 0 Å². The number of nitrogens with one attached hydrogen (secondary N) is 1. The Bertz CT molecular complexity index is 898. The van der Waals surface area contributed by atoms with Gasteiger partial charge in [0.15, 0.2) is 0 Å². The lowest BCUT2D eigenvalue weighted by atomic mass is 10.1. The molecule has 0 atom stereocenters. The average molecular weight is 397 g/mol. The minimum Gasteiger partial charge on any atom is -0.352 e. The number of hydrogen-bond acceptors (Lipinski definition) is 3. The van der Waals surface area contributed by atoms with Gasteiger partial charge in [-0.2, -0.15) is 0 Å². The number of amides is 3. The summed E-state index contributed by atoms with van der Waals surface area (Å²) in [5, 5.41) is 2.72. The Labute approximate surface area is 169 Å². The molecule has 1 N–H and O–H groups in total. The Balaban J connectivity index is 1.61. The van der Waals surface area contributed by atoms with Crippen molar-refractivity contribution in [3.8, 4) is 0 Å². The summed E-state index contributed by atoms with van der Waals surface area (Å²) < 4.78 is 13.9. The Hall–Kier alpha value is -3.22. The largest absolute Gasteiger partial charge is 0.352 e. The molecule has 3 rings (SSSR count). The molecule has 0 bridgehead atoms. The lowest BCUT2D eigenvalue weighted by Gasteiger charge is -2.22. The molecule has 152 valence electrons. The molecule has 6 nitrogen and oxygen atoms in total. The van der Waals surface area contributed by atoms with Crippen molar-refractivity contribution in [3.63, 3.8) is 0 Å².